The summed E-state index contributed by atoms with van der Waals surface area (Å²) in [6.45, 7) is 0. The molecule has 0 aromatic carbocycles. The second-order valence-corrected chi connectivity index (χ2v) is 4.81. The molecule has 0 radical (unpaired) electrons. The first-order valence-electron chi connectivity index (χ1n) is 4.71. The lowest BCUT2D eigenvalue weighted by atomic mass is 10.3. The Labute approximate surface area is 104 Å². The standard InChI is InChI=1S/C9H5F4N3O2S/c10-9(11,12)6-1-2-8(14-3-6)16-5-7(4-15-16)19(13,17)18/h1-5H. The fourth-order valence-electron chi connectivity index (χ4n) is 1.25. The van der Waals surface area contributed by atoms with Gasteiger partial charge in [-0.15, -0.1) is 3.89 Å². The van der Waals surface area contributed by atoms with Crippen LogP contribution < -0.4 is 0 Å². The zero-order valence-corrected chi connectivity index (χ0v) is 9.78. The third kappa shape index (κ3) is 2.89. The van der Waals surface area contributed by atoms with E-state index in [0.717, 1.165) is 29.2 Å². The molecular formula is C9H5F4N3O2S. The van der Waals surface area contributed by atoms with E-state index in [9.17, 15) is 25.5 Å². The van der Waals surface area contributed by atoms with E-state index in [1.807, 2.05) is 0 Å². The molecule has 0 N–H and O–H groups in total. The molecule has 0 spiro atoms. The normalized spacial score (nSPS) is 12.6. The number of pyridine rings is 1. The molecular weight excluding hydrogens is 290 g/mol. The molecule has 0 aliphatic carbocycles. The Morgan fingerprint density at radius 3 is 2.26 bits per heavy atom. The first kappa shape index (κ1) is 13.5. The van der Waals surface area contributed by atoms with Crippen molar-refractivity contribution in [3.63, 3.8) is 0 Å². The molecule has 0 atom stereocenters. The quantitative estimate of drug-likeness (QED) is 0.627. The topological polar surface area (TPSA) is 64.8 Å². The van der Waals surface area contributed by atoms with E-state index in [-0.39, 0.29) is 5.82 Å². The Hall–Kier alpha value is -1.97. The van der Waals surface area contributed by atoms with E-state index < -0.39 is 26.9 Å². The minimum Gasteiger partial charge on any atom is -0.237 e. The summed E-state index contributed by atoms with van der Waals surface area (Å²) >= 11 is 0. The van der Waals surface area contributed by atoms with Crippen LogP contribution in [-0.2, 0) is 16.4 Å². The highest BCUT2D eigenvalue weighted by atomic mass is 32.3. The predicted molar refractivity (Wildman–Crippen MR) is 54.7 cm³/mol. The van der Waals surface area contributed by atoms with Crippen LogP contribution in [0.15, 0.2) is 35.6 Å². The summed E-state index contributed by atoms with van der Waals surface area (Å²) in [5, 5.41) is 3.50. The van der Waals surface area contributed by atoms with E-state index in [0.29, 0.717) is 6.20 Å². The average molecular weight is 295 g/mol. The van der Waals surface area contributed by atoms with E-state index >= 15 is 0 Å². The van der Waals surface area contributed by atoms with Gasteiger partial charge < -0.3 is 0 Å². The summed E-state index contributed by atoms with van der Waals surface area (Å²) in [6.07, 6.45) is -2.41. The highest BCUT2D eigenvalue weighted by Crippen LogP contribution is 2.28. The summed E-state index contributed by atoms with van der Waals surface area (Å²) in [5.74, 6) is -0.0668. The minimum atomic E-state index is -4.91. The van der Waals surface area contributed by atoms with E-state index in [1.165, 1.54) is 0 Å². The SMILES string of the molecule is O=S(=O)(F)c1cnn(-c2ccc(C(F)(F)F)cn2)c1. The van der Waals surface area contributed by atoms with Crippen LogP contribution in [0, 0.1) is 0 Å². The van der Waals surface area contributed by atoms with Crippen molar-refractivity contribution in [3.8, 4) is 5.82 Å². The maximum absolute atomic E-state index is 12.6. The molecule has 0 saturated heterocycles. The van der Waals surface area contributed by atoms with Gasteiger partial charge in [0, 0.05) is 6.20 Å². The van der Waals surface area contributed by atoms with Crippen LogP contribution in [0.5, 0.6) is 0 Å². The average Bonchev–Trinajstić information content (AvgIpc) is 2.77. The van der Waals surface area contributed by atoms with E-state index in [4.69, 9.17) is 0 Å². The third-order valence-electron chi connectivity index (χ3n) is 2.15. The number of nitrogens with zero attached hydrogens (tertiary/aromatic N) is 3. The second kappa shape index (κ2) is 4.30. The van der Waals surface area contributed by atoms with Crippen molar-refractivity contribution < 1.29 is 25.5 Å². The maximum Gasteiger partial charge on any atom is 0.417 e. The van der Waals surface area contributed by atoms with Gasteiger partial charge in [-0.3, -0.25) is 0 Å². The lowest BCUT2D eigenvalue weighted by molar-refractivity contribution is -0.137. The van der Waals surface area contributed by atoms with Gasteiger partial charge in [0.15, 0.2) is 5.82 Å². The number of hydrogen-bond acceptors (Lipinski definition) is 4. The van der Waals surface area contributed by atoms with Crippen molar-refractivity contribution in [2.45, 2.75) is 11.1 Å². The molecule has 2 aromatic rings. The molecule has 19 heavy (non-hydrogen) atoms. The number of alkyl halides is 3. The second-order valence-electron chi connectivity index (χ2n) is 3.46. The zero-order chi connectivity index (χ0) is 14.3. The van der Waals surface area contributed by atoms with Gasteiger partial charge in [0.1, 0.15) is 4.90 Å². The molecule has 0 aliphatic rings. The van der Waals surface area contributed by atoms with Crippen LogP contribution in [0.2, 0.25) is 0 Å². The van der Waals surface area contributed by atoms with Crippen molar-refractivity contribution in [1.82, 2.24) is 14.8 Å². The predicted octanol–water partition coefficient (Wildman–Crippen LogP) is 1.94. The Bertz CT molecular complexity index is 691. The van der Waals surface area contributed by atoms with Gasteiger partial charge in [-0.1, -0.05) is 0 Å². The van der Waals surface area contributed by atoms with Crippen molar-refractivity contribution in [3.05, 3.63) is 36.3 Å². The van der Waals surface area contributed by atoms with Crippen LogP contribution in [0.1, 0.15) is 5.56 Å². The third-order valence-corrected chi connectivity index (χ3v) is 2.92. The molecule has 2 rings (SSSR count). The number of aromatic nitrogens is 3. The van der Waals surface area contributed by atoms with Crippen LogP contribution in [0.25, 0.3) is 5.82 Å². The molecule has 10 heteroatoms. The van der Waals surface area contributed by atoms with Crippen molar-refractivity contribution >= 4 is 10.2 Å². The molecule has 0 bridgehead atoms. The van der Waals surface area contributed by atoms with Crippen LogP contribution in [-0.4, -0.2) is 23.2 Å². The lowest BCUT2D eigenvalue weighted by Gasteiger charge is -2.06. The monoisotopic (exact) mass is 295 g/mol. The highest BCUT2D eigenvalue weighted by molar-refractivity contribution is 7.86. The summed E-state index contributed by atoms with van der Waals surface area (Å²) in [5.41, 5.74) is -0.957. The minimum absolute atomic E-state index is 0.0668. The largest absolute Gasteiger partial charge is 0.417 e. The van der Waals surface area contributed by atoms with E-state index in [1.54, 1.807) is 0 Å². The first-order valence-corrected chi connectivity index (χ1v) is 6.09. The fraction of sp³-hybridized carbons (Fsp3) is 0.111. The van der Waals surface area contributed by atoms with Crippen molar-refractivity contribution in [2.75, 3.05) is 0 Å². The lowest BCUT2D eigenvalue weighted by Crippen LogP contribution is -2.06. The first-order chi connectivity index (χ1) is 8.68. The fourth-order valence-corrected chi connectivity index (χ4v) is 1.65. The Balaban J connectivity index is 2.36. The summed E-state index contributed by atoms with van der Waals surface area (Å²) in [4.78, 5) is 2.77. The van der Waals surface area contributed by atoms with Gasteiger partial charge in [0.25, 0.3) is 0 Å². The van der Waals surface area contributed by atoms with E-state index in [2.05, 4.69) is 10.1 Å². The van der Waals surface area contributed by atoms with Gasteiger partial charge >= 0.3 is 16.4 Å². The highest BCUT2D eigenvalue weighted by Gasteiger charge is 2.30. The molecule has 0 fully saturated rings. The molecule has 2 aromatic heterocycles. The number of halogens is 4. The van der Waals surface area contributed by atoms with Gasteiger partial charge in [0.2, 0.25) is 0 Å². The van der Waals surface area contributed by atoms with Gasteiger partial charge in [-0.2, -0.15) is 26.7 Å². The molecule has 2 heterocycles. The van der Waals surface area contributed by atoms with Gasteiger partial charge in [-0.25, -0.2) is 9.67 Å². The Kier molecular flexibility index (Phi) is 3.04. The molecule has 0 saturated carbocycles. The number of hydrogen-bond donors (Lipinski definition) is 0. The van der Waals surface area contributed by atoms with Gasteiger partial charge in [-0.05, 0) is 12.1 Å². The van der Waals surface area contributed by atoms with Gasteiger partial charge in [0.05, 0.1) is 18.0 Å². The zero-order valence-electron chi connectivity index (χ0n) is 8.96. The van der Waals surface area contributed by atoms with Crippen LogP contribution >= 0.6 is 0 Å². The molecule has 0 unspecified atom stereocenters. The Morgan fingerprint density at radius 2 is 1.84 bits per heavy atom. The van der Waals surface area contributed by atoms with Crippen LogP contribution in [0.3, 0.4) is 0 Å². The molecule has 102 valence electrons. The summed E-state index contributed by atoms with van der Waals surface area (Å²) in [7, 11) is -4.91. The van der Waals surface area contributed by atoms with Crippen LogP contribution in [0.4, 0.5) is 17.1 Å². The summed E-state index contributed by atoms with van der Waals surface area (Å²) < 4.78 is 71.5. The number of rotatable bonds is 2. The maximum atomic E-state index is 12.6. The molecule has 0 aliphatic heterocycles. The smallest absolute Gasteiger partial charge is 0.237 e. The molecule has 0 amide bonds. The summed E-state index contributed by atoms with van der Waals surface area (Å²) in [6, 6.07) is 1.75. The van der Waals surface area contributed by atoms with Crippen molar-refractivity contribution in [1.29, 1.82) is 0 Å². The Morgan fingerprint density at radius 1 is 1.16 bits per heavy atom. The van der Waals surface area contributed by atoms with Crippen molar-refractivity contribution in [2.24, 2.45) is 0 Å². The molecule has 5 nitrogen and oxygen atoms in total.